The van der Waals surface area contributed by atoms with Gasteiger partial charge in [-0.2, -0.15) is 0 Å². The molecule has 6 heteroatoms. The van der Waals surface area contributed by atoms with Crippen LogP contribution >= 0.6 is 11.3 Å². The van der Waals surface area contributed by atoms with E-state index in [2.05, 4.69) is 4.98 Å². The Bertz CT molecular complexity index is 642. The zero-order valence-corrected chi connectivity index (χ0v) is 15.2. The van der Waals surface area contributed by atoms with Gasteiger partial charge in [0.2, 0.25) is 5.91 Å². The van der Waals surface area contributed by atoms with Crippen LogP contribution in [0.15, 0.2) is 0 Å². The fourth-order valence-electron chi connectivity index (χ4n) is 4.70. The first-order valence-electron chi connectivity index (χ1n) is 9.15. The zero-order valence-electron chi connectivity index (χ0n) is 14.3. The third-order valence-electron chi connectivity index (χ3n) is 5.88. The van der Waals surface area contributed by atoms with Gasteiger partial charge in [-0.15, -0.1) is 11.3 Å². The van der Waals surface area contributed by atoms with Crippen LogP contribution in [0.3, 0.4) is 0 Å². The molecule has 0 unspecified atom stereocenters. The summed E-state index contributed by atoms with van der Waals surface area (Å²) in [4.78, 5) is 35.0. The van der Waals surface area contributed by atoms with Gasteiger partial charge in [0.15, 0.2) is 5.01 Å². The topological polar surface area (TPSA) is 53.5 Å². The van der Waals surface area contributed by atoms with Gasteiger partial charge in [0.1, 0.15) is 0 Å². The summed E-state index contributed by atoms with van der Waals surface area (Å²) in [6.07, 6.45) is 8.83. The highest BCUT2D eigenvalue weighted by atomic mass is 32.1. The Balaban J connectivity index is 1.55. The summed E-state index contributed by atoms with van der Waals surface area (Å²) in [6.45, 7) is 3.63. The number of rotatable bonds is 1. The van der Waals surface area contributed by atoms with Crippen molar-refractivity contribution >= 4 is 23.2 Å². The predicted molar refractivity (Wildman–Crippen MR) is 93.2 cm³/mol. The molecule has 0 radical (unpaired) electrons. The van der Waals surface area contributed by atoms with Crippen LogP contribution in [0.1, 0.15) is 65.8 Å². The van der Waals surface area contributed by atoms with Gasteiger partial charge in [-0.1, -0.05) is 19.3 Å². The second-order valence-corrected chi connectivity index (χ2v) is 8.51. The van der Waals surface area contributed by atoms with Crippen molar-refractivity contribution in [1.82, 2.24) is 14.8 Å². The molecule has 3 aliphatic rings. The third kappa shape index (κ3) is 2.65. The first kappa shape index (κ1) is 16.1. The van der Waals surface area contributed by atoms with E-state index in [4.69, 9.17) is 0 Å². The molecular weight excluding hydrogens is 322 g/mol. The number of nitrogens with zero attached hydrogens (tertiary/aromatic N) is 3. The highest BCUT2D eigenvalue weighted by Gasteiger charge is 2.45. The Morgan fingerprint density at radius 3 is 2.58 bits per heavy atom. The number of fused-ring (bicyclic) bond motifs is 1. The quantitative estimate of drug-likeness (QED) is 0.785. The zero-order chi connectivity index (χ0) is 16.7. The van der Waals surface area contributed by atoms with Gasteiger partial charge < -0.3 is 9.80 Å². The van der Waals surface area contributed by atoms with E-state index in [1.54, 1.807) is 18.3 Å². The largest absolute Gasteiger partial charge is 0.334 e. The molecule has 0 atom stereocenters. The van der Waals surface area contributed by atoms with Crippen molar-refractivity contribution in [3.8, 4) is 0 Å². The first-order chi connectivity index (χ1) is 11.6. The van der Waals surface area contributed by atoms with Crippen molar-refractivity contribution in [2.45, 2.75) is 63.8 Å². The molecule has 5 nitrogen and oxygen atoms in total. The SMILES string of the molecule is CC(=O)N1CCN(C(=O)c2nc3c(s2)CCC3)CC12CCCCC2. The summed E-state index contributed by atoms with van der Waals surface area (Å²) in [6, 6.07) is 0. The number of aromatic nitrogens is 1. The number of hydrogen-bond acceptors (Lipinski definition) is 4. The van der Waals surface area contributed by atoms with E-state index in [9.17, 15) is 9.59 Å². The second-order valence-electron chi connectivity index (χ2n) is 7.42. The fourth-order valence-corrected chi connectivity index (χ4v) is 5.81. The van der Waals surface area contributed by atoms with Crippen LogP contribution in [-0.4, -0.2) is 51.8 Å². The van der Waals surface area contributed by atoms with Crippen LogP contribution in [-0.2, 0) is 17.6 Å². The molecule has 4 rings (SSSR count). The normalized spacial score (nSPS) is 22.7. The fraction of sp³-hybridized carbons (Fsp3) is 0.722. The Hall–Kier alpha value is -1.43. The summed E-state index contributed by atoms with van der Waals surface area (Å²) in [5, 5.41) is 0.655. The van der Waals surface area contributed by atoms with Crippen LogP contribution in [0.5, 0.6) is 0 Å². The van der Waals surface area contributed by atoms with Crippen molar-refractivity contribution < 1.29 is 9.59 Å². The van der Waals surface area contributed by atoms with Gasteiger partial charge in [-0.05, 0) is 32.1 Å². The lowest BCUT2D eigenvalue weighted by molar-refractivity contribution is -0.141. The van der Waals surface area contributed by atoms with Crippen molar-refractivity contribution in [1.29, 1.82) is 0 Å². The molecule has 1 saturated heterocycles. The Morgan fingerprint density at radius 1 is 1.08 bits per heavy atom. The first-order valence-corrected chi connectivity index (χ1v) is 9.97. The van der Waals surface area contributed by atoms with Gasteiger partial charge in [-0.25, -0.2) is 4.98 Å². The molecule has 130 valence electrons. The highest BCUT2D eigenvalue weighted by molar-refractivity contribution is 7.13. The number of thiazole rings is 1. The smallest absolute Gasteiger partial charge is 0.282 e. The van der Waals surface area contributed by atoms with Gasteiger partial charge in [-0.3, -0.25) is 9.59 Å². The summed E-state index contributed by atoms with van der Waals surface area (Å²) < 4.78 is 0. The highest BCUT2D eigenvalue weighted by Crippen LogP contribution is 2.37. The van der Waals surface area contributed by atoms with Crippen molar-refractivity contribution in [3.63, 3.8) is 0 Å². The molecular formula is C18H25N3O2S. The molecule has 2 amide bonds. The van der Waals surface area contributed by atoms with E-state index in [-0.39, 0.29) is 17.4 Å². The maximum atomic E-state index is 13.0. The second kappa shape index (κ2) is 6.14. The average Bonchev–Trinajstić information content (AvgIpc) is 3.16. The lowest BCUT2D eigenvalue weighted by atomic mass is 9.78. The summed E-state index contributed by atoms with van der Waals surface area (Å²) >= 11 is 1.58. The van der Waals surface area contributed by atoms with E-state index in [0.29, 0.717) is 24.6 Å². The van der Waals surface area contributed by atoms with Crippen LogP contribution in [0.2, 0.25) is 0 Å². The minimum absolute atomic E-state index is 0.0718. The molecule has 0 aromatic carbocycles. The molecule has 1 aliphatic heterocycles. The number of piperazine rings is 1. The molecule has 1 aromatic rings. The summed E-state index contributed by atoms with van der Waals surface area (Å²) in [7, 11) is 0. The van der Waals surface area contributed by atoms with E-state index in [1.165, 1.54) is 17.7 Å². The van der Waals surface area contributed by atoms with Gasteiger partial charge in [0.05, 0.1) is 11.2 Å². The Morgan fingerprint density at radius 2 is 1.88 bits per heavy atom. The van der Waals surface area contributed by atoms with Crippen molar-refractivity contribution in [2.24, 2.45) is 0 Å². The molecule has 0 bridgehead atoms. The average molecular weight is 347 g/mol. The molecule has 24 heavy (non-hydrogen) atoms. The van der Waals surface area contributed by atoms with Crippen LogP contribution in [0, 0.1) is 0 Å². The number of carbonyl (C=O) groups is 2. The van der Waals surface area contributed by atoms with Crippen molar-refractivity contribution in [3.05, 3.63) is 15.6 Å². The number of hydrogen-bond donors (Lipinski definition) is 0. The van der Waals surface area contributed by atoms with E-state index in [1.807, 2.05) is 9.80 Å². The maximum absolute atomic E-state index is 13.0. The van der Waals surface area contributed by atoms with Gasteiger partial charge in [0.25, 0.3) is 5.91 Å². The standard InChI is InChI=1S/C18H25N3O2S/c1-13(22)21-11-10-20(12-18(21)8-3-2-4-9-18)17(23)16-19-14-6-5-7-15(14)24-16/h2-12H2,1H3. The number of aryl methyl sites for hydroxylation is 2. The Labute approximate surface area is 147 Å². The van der Waals surface area contributed by atoms with Gasteiger partial charge in [0, 0.05) is 31.4 Å². The molecule has 2 aliphatic carbocycles. The predicted octanol–water partition coefficient (Wildman–Crippen LogP) is 2.64. The maximum Gasteiger partial charge on any atom is 0.282 e. The van der Waals surface area contributed by atoms with Crippen LogP contribution in [0.4, 0.5) is 0 Å². The van der Waals surface area contributed by atoms with E-state index >= 15 is 0 Å². The number of carbonyl (C=O) groups excluding carboxylic acids is 2. The lowest BCUT2D eigenvalue weighted by Gasteiger charge is -2.52. The monoisotopic (exact) mass is 347 g/mol. The molecule has 0 N–H and O–H groups in total. The molecule has 2 fully saturated rings. The van der Waals surface area contributed by atoms with E-state index in [0.717, 1.165) is 44.2 Å². The molecule has 2 heterocycles. The molecule has 1 saturated carbocycles. The van der Waals surface area contributed by atoms with Crippen molar-refractivity contribution in [2.75, 3.05) is 19.6 Å². The molecule has 1 aromatic heterocycles. The summed E-state index contributed by atoms with van der Waals surface area (Å²) in [5.41, 5.74) is 0.996. The van der Waals surface area contributed by atoms with Crippen LogP contribution in [0.25, 0.3) is 0 Å². The minimum atomic E-state index is -0.141. The minimum Gasteiger partial charge on any atom is -0.334 e. The number of amides is 2. The van der Waals surface area contributed by atoms with Crippen LogP contribution < -0.4 is 0 Å². The Kier molecular flexibility index (Phi) is 4.11. The lowest BCUT2D eigenvalue weighted by Crippen LogP contribution is -2.65. The summed E-state index contributed by atoms with van der Waals surface area (Å²) in [5.74, 6) is 0.222. The third-order valence-corrected chi connectivity index (χ3v) is 7.03. The van der Waals surface area contributed by atoms with E-state index < -0.39 is 0 Å². The van der Waals surface area contributed by atoms with Gasteiger partial charge >= 0.3 is 0 Å². The molecule has 1 spiro atoms.